The lowest BCUT2D eigenvalue weighted by Crippen LogP contribution is -2.29. The Morgan fingerprint density at radius 3 is 1.94 bits per heavy atom. The molecule has 0 atom stereocenters. The molecule has 2 aromatic rings. The highest BCUT2D eigenvalue weighted by atomic mass is 32.2. The van der Waals surface area contributed by atoms with Gasteiger partial charge in [0.15, 0.2) is 4.34 Å². The molecule has 0 unspecified atom stereocenters. The average molecular weight is 266 g/mol. The van der Waals surface area contributed by atoms with Crippen LogP contribution in [-0.2, 0) is 0 Å². The Bertz CT molecular complexity index is 353. The van der Waals surface area contributed by atoms with Crippen LogP contribution in [0.4, 0.5) is 0 Å². The molecule has 0 amide bonds. The van der Waals surface area contributed by atoms with Crippen LogP contribution in [0, 0.1) is 0 Å². The smallest absolute Gasteiger partial charge is 0.164 e. The molecule has 1 aromatic heterocycles. The van der Waals surface area contributed by atoms with Gasteiger partial charge in [-0.15, -0.1) is 11.3 Å². The first-order chi connectivity index (χ1) is 8.08. The lowest BCUT2D eigenvalue weighted by molar-refractivity contribution is 0.535. The molecule has 0 aliphatic rings. The van der Waals surface area contributed by atoms with Gasteiger partial charge in [-0.25, -0.2) is 4.98 Å². The van der Waals surface area contributed by atoms with Gasteiger partial charge in [0.25, 0.3) is 0 Å². The molecule has 17 heavy (non-hydrogen) atoms. The van der Waals surface area contributed by atoms with Gasteiger partial charge >= 0.3 is 0 Å². The van der Waals surface area contributed by atoms with Crippen LogP contribution in [-0.4, -0.2) is 10.5 Å². The van der Waals surface area contributed by atoms with Gasteiger partial charge in [-0.3, -0.25) is 4.72 Å². The van der Waals surface area contributed by atoms with Crippen molar-refractivity contribution in [1.29, 1.82) is 0 Å². The lowest BCUT2D eigenvalue weighted by Gasteiger charge is -2.17. The zero-order valence-corrected chi connectivity index (χ0v) is 12.0. The molecule has 2 rings (SSSR count). The molecular weight excluding hydrogens is 248 g/mol. The highest BCUT2D eigenvalue weighted by Crippen LogP contribution is 2.19. The highest BCUT2D eigenvalue weighted by molar-refractivity contribution is 7.99. The third-order valence-electron chi connectivity index (χ3n) is 1.52. The van der Waals surface area contributed by atoms with E-state index in [9.17, 15) is 0 Å². The van der Waals surface area contributed by atoms with Gasteiger partial charge in [-0.1, -0.05) is 36.4 Å². The first kappa shape index (κ1) is 14.2. The molecule has 4 heteroatoms. The molecule has 0 bridgehead atoms. The Kier molecular flexibility index (Phi) is 6.26. The number of rotatable bonds is 2. The van der Waals surface area contributed by atoms with Crippen LogP contribution in [0.15, 0.2) is 52.3 Å². The summed E-state index contributed by atoms with van der Waals surface area (Å²) in [6.45, 7) is 6.40. The summed E-state index contributed by atoms with van der Waals surface area (Å²) in [4.78, 5) is 4.14. The van der Waals surface area contributed by atoms with E-state index in [0.29, 0.717) is 0 Å². The molecule has 1 N–H and O–H groups in total. The summed E-state index contributed by atoms with van der Waals surface area (Å²) in [6, 6.07) is 12.0. The number of benzene rings is 1. The first-order valence-electron chi connectivity index (χ1n) is 5.41. The van der Waals surface area contributed by atoms with E-state index >= 15 is 0 Å². The van der Waals surface area contributed by atoms with E-state index in [1.165, 1.54) is 0 Å². The van der Waals surface area contributed by atoms with Gasteiger partial charge in [0, 0.05) is 17.1 Å². The van der Waals surface area contributed by atoms with Gasteiger partial charge in [0.05, 0.1) is 0 Å². The third-order valence-corrected chi connectivity index (χ3v) is 3.62. The molecule has 0 fully saturated rings. The van der Waals surface area contributed by atoms with Gasteiger partial charge < -0.3 is 0 Å². The van der Waals surface area contributed by atoms with E-state index in [-0.39, 0.29) is 5.54 Å². The van der Waals surface area contributed by atoms with E-state index in [4.69, 9.17) is 0 Å². The van der Waals surface area contributed by atoms with Crippen molar-refractivity contribution in [2.75, 3.05) is 0 Å². The maximum absolute atomic E-state index is 4.14. The molecule has 1 heterocycles. The zero-order chi connectivity index (χ0) is 12.6. The summed E-state index contributed by atoms with van der Waals surface area (Å²) in [5.74, 6) is 0. The summed E-state index contributed by atoms with van der Waals surface area (Å²) in [7, 11) is 0. The van der Waals surface area contributed by atoms with Crippen LogP contribution in [0.5, 0.6) is 0 Å². The van der Waals surface area contributed by atoms with Crippen molar-refractivity contribution in [3.8, 4) is 0 Å². The average Bonchev–Trinajstić information content (AvgIpc) is 2.82. The quantitative estimate of drug-likeness (QED) is 0.824. The summed E-state index contributed by atoms with van der Waals surface area (Å²) in [5.41, 5.74) is 0.149. The molecule has 0 spiro atoms. The van der Waals surface area contributed by atoms with Crippen LogP contribution >= 0.6 is 23.3 Å². The van der Waals surface area contributed by atoms with Gasteiger partial charge in [0.1, 0.15) is 0 Å². The Balaban J connectivity index is 0.000000202. The second-order valence-electron chi connectivity index (χ2n) is 4.41. The van der Waals surface area contributed by atoms with Crippen LogP contribution in [0.1, 0.15) is 20.8 Å². The van der Waals surface area contributed by atoms with Crippen molar-refractivity contribution < 1.29 is 0 Å². The predicted octanol–water partition coefficient (Wildman–Crippen LogP) is 4.22. The summed E-state index contributed by atoms with van der Waals surface area (Å²) in [5, 5.41) is 1.98. The molecule has 1 aromatic carbocycles. The van der Waals surface area contributed by atoms with Gasteiger partial charge in [-0.2, -0.15) is 0 Å². The fourth-order valence-corrected chi connectivity index (χ4v) is 2.19. The fraction of sp³-hybridized carbons (Fsp3) is 0.308. The Hall–Kier alpha value is -0.840. The number of aromatic nitrogens is 1. The van der Waals surface area contributed by atoms with Crippen molar-refractivity contribution in [2.24, 2.45) is 0 Å². The molecule has 0 radical (unpaired) electrons. The van der Waals surface area contributed by atoms with E-state index < -0.39 is 0 Å². The van der Waals surface area contributed by atoms with Crippen molar-refractivity contribution in [2.45, 2.75) is 30.6 Å². The third kappa shape index (κ3) is 7.96. The number of hydrogen-bond acceptors (Lipinski definition) is 4. The van der Waals surface area contributed by atoms with Crippen LogP contribution in [0.25, 0.3) is 0 Å². The number of hydrogen-bond donors (Lipinski definition) is 1. The maximum Gasteiger partial charge on any atom is 0.164 e. The lowest BCUT2D eigenvalue weighted by atomic mass is 10.1. The standard InChI is InChI=1S/C7H12N2S2.C6H6/c1-7(2,3)9-11-6-8-4-5-10-6;1-2-4-6-5-3-1/h4-5,9H,1-3H3;1-6H. The molecule has 0 aliphatic carbocycles. The molecular formula is C13H18N2S2. The molecule has 2 nitrogen and oxygen atoms in total. The number of nitrogens with zero attached hydrogens (tertiary/aromatic N) is 1. The van der Waals surface area contributed by atoms with Crippen molar-refractivity contribution in [3.05, 3.63) is 48.0 Å². The van der Waals surface area contributed by atoms with E-state index in [1.807, 2.05) is 48.0 Å². The minimum atomic E-state index is 0.149. The van der Waals surface area contributed by atoms with Gasteiger partial charge in [0.2, 0.25) is 0 Å². The van der Waals surface area contributed by atoms with Crippen LogP contribution in [0.3, 0.4) is 0 Å². The first-order valence-corrected chi connectivity index (χ1v) is 7.11. The summed E-state index contributed by atoms with van der Waals surface area (Å²) in [6.07, 6.45) is 1.82. The van der Waals surface area contributed by atoms with Crippen molar-refractivity contribution in [3.63, 3.8) is 0 Å². The summed E-state index contributed by atoms with van der Waals surface area (Å²) < 4.78 is 4.36. The van der Waals surface area contributed by atoms with Gasteiger partial charge in [-0.05, 0) is 32.7 Å². The largest absolute Gasteiger partial charge is 0.253 e. The molecule has 0 saturated carbocycles. The SMILES string of the molecule is CC(C)(C)NSc1nccs1.c1ccccc1. The van der Waals surface area contributed by atoms with Crippen LogP contribution in [0.2, 0.25) is 0 Å². The van der Waals surface area contributed by atoms with E-state index in [1.54, 1.807) is 23.3 Å². The predicted molar refractivity (Wildman–Crippen MR) is 77.3 cm³/mol. The minimum Gasteiger partial charge on any atom is -0.253 e. The Morgan fingerprint density at radius 1 is 1.06 bits per heavy atom. The topological polar surface area (TPSA) is 24.9 Å². The summed E-state index contributed by atoms with van der Waals surface area (Å²) >= 11 is 3.24. The monoisotopic (exact) mass is 266 g/mol. The van der Waals surface area contributed by atoms with Crippen LogP contribution < -0.4 is 4.72 Å². The minimum absolute atomic E-state index is 0.149. The Morgan fingerprint density at radius 2 is 1.59 bits per heavy atom. The maximum atomic E-state index is 4.14. The van der Waals surface area contributed by atoms with Crippen molar-refractivity contribution >= 4 is 23.3 Å². The number of thiazole rings is 1. The number of nitrogens with one attached hydrogen (secondary N) is 1. The van der Waals surface area contributed by atoms with Crippen molar-refractivity contribution in [1.82, 2.24) is 9.71 Å². The zero-order valence-electron chi connectivity index (χ0n) is 10.4. The Labute approximate surface area is 112 Å². The fourth-order valence-electron chi connectivity index (χ4n) is 0.842. The molecule has 0 saturated heterocycles. The van der Waals surface area contributed by atoms with E-state index in [0.717, 1.165) is 4.34 Å². The molecule has 92 valence electrons. The second-order valence-corrected chi connectivity index (χ2v) is 6.35. The molecule has 0 aliphatic heterocycles. The van der Waals surface area contributed by atoms with E-state index in [2.05, 4.69) is 30.5 Å². The second kappa shape index (κ2) is 7.48. The highest BCUT2D eigenvalue weighted by Gasteiger charge is 2.09. The normalized spacial score (nSPS) is 10.5.